The maximum absolute atomic E-state index is 11.6. The lowest BCUT2D eigenvalue weighted by atomic mass is 10.0. The van der Waals surface area contributed by atoms with Crippen molar-refractivity contribution in [3.05, 3.63) is 65.5 Å². The Bertz CT molecular complexity index is 836. The molecule has 0 aliphatic heterocycles. The van der Waals surface area contributed by atoms with Crippen molar-refractivity contribution in [3.63, 3.8) is 0 Å². The summed E-state index contributed by atoms with van der Waals surface area (Å²) in [5, 5.41) is 9.48. The normalized spacial score (nSPS) is 10.6. The molecule has 4 heteroatoms. The summed E-state index contributed by atoms with van der Waals surface area (Å²) in [6, 6.07) is 11.3. The van der Waals surface area contributed by atoms with Gasteiger partial charge in [0.05, 0.1) is 11.3 Å². The van der Waals surface area contributed by atoms with Crippen molar-refractivity contribution < 1.29 is 9.90 Å². The quantitative estimate of drug-likeness (QED) is 0.765. The molecule has 2 N–H and O–H groups in total. The van der Waals surface area contributed by atoms with E-state index in [1.165, 1.54) is 5.56 Å². The molecule has 1 aromatic carbocycles. The summed E-state index contributed by atoms with van der Waals surface area (Å²) in [7, 11) is 0. The summed E-state index contributed by atoms with van der Waals surface area (Å²) in [5.74, 6) is -0.940. The molecule has 110 valence electrons. The first-order valence-corrected chi connectivity index (χ1v) is 7.00. The molecule has 4 nitrogen and oxygen atoms in total. The third kappa shape index (κ3) is 2.51. The maximum atomic E-state index is 11.6. The van der Waals surface area contributed by atoms with Crippen LogP contribution in [0.4, 0.5) is 0 Å². The van der Waals surface area contributed by atoms with Gasteiger partial charge in [0.2, 0.25) is 0 Å². The van der Waals surface area contributed by atoms with E-state index in [1.807, 2.05) is 44.2 Å². The summed E-state index contributed by atoms with van der Waals surface area (Å²) in [6.07, 6.45) is 3.37. The van der Waals surface area contributed by atoms with Crippen LogP contribution in [-0.4, -0.2) is 21.0 Å². The Labute approximate surface area is 128 Å². The SMILES string of the molecule is Cc1ccc(-c2[nH]c(-c3ccncc3)cc2C(=O)O)cc1C. The molecule has 0 fully saturated rings. The highest BCUT2D eigenvalue weighted by molar-refractivity contribution is 5.97. The Kier molecular flexibility index (Phi) is 3.51. The van der Waals surface area contributed by atoms with Gasteiger partial charge in [0.1, 0.15) is 0 Å². The number of aromatic nitrogens is 2. The molecule has 0 spiro atoms. The predicted molar refractivity (Wildman–Crippen MR) is 85.9 cm³/mol. The summed E-state index contributed by atoms with van der Waals surface area (Å²) >= 11 is 0. The number of carboxylic acid groups (broad SMARTS) is 1. The predicted octanol–water partition coefficient (Wildman–Crippen LogP) is 4.06. The molecule has 0 aliphatic rings. The third-order valence-corrected chi connectivity index (χ3v) is 3.83. The zero-order valence-electron chi connectivity index (χ0n) is 12.4. The van der Waals surface area contributed by atoms with E-state index >= 15 is 0 Å². The molecule has 0 atom stereocenters. The van der Waals surface area contributed by atoms with Crippen LogP contribution < -0.4 is 0 Å². The van der Waals surface area contributed by atoms with Crippen molar-refractivity contribution in [2.24, 2.45) is 0 Å². The van der Waals surface area contributed by atoms with Crippen LogP contribution >= 0.6 is 0 Å². The summed E-state index contributed by atoms with van der Waals surface area (Å²) < 4.78 is 0. The molecule has 0 saturated carbocycles. The number of hydrogen-bond donors (Lipinski definition) is 2. The number of benzene rings is 1. The number of carboxylic acids is 1. The van der Waals surface area contributed by atoms with Crippen LogP contribution in [0.3, 0.4) is 0 Å². The lowest BCUT2D eigenvalue weighted by Gasteiger charge is -2.05. The van der Waals surface area contributed by atoms with Crippen LogP contribution in [0.1, 0.15) is 21.5 Å². The fourth-order valence-electron chi connectivity index (χ4n) is 2.43. The minimum atomic E-state index is -0.940. The molecule has 0 amide bonds. The Balaban J connectivity index is 2.16. The number of pyridine rings is 1. The zero-order chi connectivity index (χ0) is 15.7. The Morgan fingerprint density at radius 1 is 1.00 bits per heavy atom. The first-order chi connectivity index (χ1) is 10.6. The molecule has 0 unspecified atom stereocenters. The van der Waals surface area contributed by atoms with Gasteiger partial charge in [-0.05, 0) is 54.8 Å². The minimum absolute atomic E-state index is 0.273. The van der Waals surface area contributed by atoms with Gasteiger partial charge in [0, 0.05) is 23.7 Å². The number of rotatable bonds is 3. The first kappa shape index (κ1) is 14.1. The minimum Gasteiger partial charge on any atom is -0.478 e. The fourth-order valence-corrected chi connectivity index (χ4v) is 2.43. The molecule has 0 aliphatic carbocycles. The van der Waals surface area contributed by atoms with Crippen molar-refractivity contribution in [2.75, 3.05) is 0 Å². The largest absolute Gasteiger partial charge is 0.478 e. The number of carbonyl (C=O) groups is 1. The highest BCUT2D eigenvalue weighted by Gasteiger charge is 2.17. The van der Waals surface area contributed by atoms with E-state index in [4.69, 9.17) is 0 Å². The lowest BCUT2D eigenvalue weighted by Crippen LogP contribution is -1.97. The molecular weight excluding hydrogens is 276 g/mol. The topological polar surface area (TPSA) is 66.0 Å². The number of H-pyrrole nitrogens is 1. The Morgan fingerprint density at radius 3 is 2.36 bits per heavy atom. The number of aromatic carboxylic acids is 1. The third-order valence-electron chi connectivity index (χ3n) is 3.83. The van der Waals surface area contributed by atoms with Crippen LogP contribution in [0, 0.1) is 13.8 Å². The van der Waals surface area contributed by atoms with Crippen molar-refractivity contribution in [3.8, 4) is 22.5 Å². The van der Waals surface area contributed by atoms with Gasteiger partial charge in [-0.25, -0.2) is 4.79 Å². The van der Waals surface area contributed by atoms with Gasteiger partial charge in [-0.1, -0.05) is 12.1 Å². The fraction of sp³-hybridized carbons (Fsp3) is 0.111. The number of aromatic amines is 1. The average Bonchev–Trinajstić information content (AvgIpc) is 2.96. The van der Waals surface area contributed by atoms with Crippen molar-refractivity contribution in [1.29, 1.82) is 0 Å². The summed E-state index contributed by atoms with van der Waals surface area (Å²) in [4.78, 5) is 18.8. The number of nitrogens with one attached hydrogen (secondary N) is 1. The van der Waals surface area contributed by atoms with Gasteiger partial charge >= 0.3 is 5.97 Å². The highest BCUT2D eigenvalue weighted by atomic mass is 16.4. The molecular formula is C18H16N2O2. The van der Waals surface area contributed by atoms with E-state index in [0.29, 0.717) is 5.69 Å². The van der Waals surface area contributed by atoms with Gasteiger partial charge in [-0.2, -0.15) is 0 Å². The highest BCUT2D eigenvalue weighted by Crippen LogP contribution is 2.30. The van der Waals surface area contributed by atoms with Crippen molar-refractivity contribution in [2.45, 2.75) is 13.8 Å². The summed E-state index contributed by atoms with van der Waals surface area (Å²) in [6.45, 7) is 4.06. The van der Waals surface area contributed by atoms with Crippen LogP contribution in [0.2, 0.25) is 0 Å². The molecule has 2 aromatic heterocycles. The molecule has 0 radical (unpaired) electrons. The smallest absolute Gasteiger partial charge is 0.337 e. The molecule has 0 saturated heterocycles. The van der Waals surface area contributed by atoms with Crippen LogP contribution in [0.5, 0.6) is 0 Å². The zero-order valence-corrected chi connectivity index (χ0v) is 12.4. The monoisotopic (exact) mass is 292 g/mol. The molecule has 3 aromatic rings. The van der Waals surface area contributed by atoms with E-state index < -0.39 is 5.97 Å². The van der Waals surface area contributed by atoms with Gasteiger partial charge in [0.15, 0.2) is 0 Å². The van der Waals surface area contributed by atoms with Gasteiger partial charge in [-0.3, -0.25) is 4.98 Å². The summed E-state index contributed by atoms with van der Waals surface area (Å²) in [5.41, 5.74) is 5.77. The van der Waals surface area contributed by atoms with E-state index in [2.05, 4.69) is 9.97 Å². The van der Waals surface area contributed by atoms with E-state index in [0.717, 1.165) is 22.4 Å². The van der Waals surface area contributed by atoms with Crippen LogP contribution in [-0.2, 0) is 0 Å². The first-order valence-electron chi connectivity index (χ1n) is 7.00. The molecule has 3 rings (SSSR count). The Hall–Kier alpha value is -2.88. The van der Waals surface area contributed by atoms with Gasteiger partial charge in [-0.15, -0.1) is 0 Å². The average molecular weight is 292 g/mol. The van der Waals surface area contributed by atoms with Crippen molar-refractivity contribution in [1.82, 2.24) is 9.97 Å². The number of hydrogen-bond acceptors (Lipinski definition) is 2. The van der Waals surface area contributed by atoms with Crippen LogP contribution in [0.25, 0.3) is 22.5 Å². The number of aryl methyl sites for hydroxylation is 2. The number of nitrogens with zero attached hydrogens (tertiary/aromatic N) is 1. The van der Waals surface area contributed by atoms with E-state index in [1.54, 1.807) is 18.5 Å². The second-order valence-electron chi connectivity index (χ2n) is 5.31. The van der Waals surface area contributed by atoms with Gasteiger partial charge in [0.25, 0.3) is 0 Å². The standard InChI is InChI=1S/C18H16N2O2/c1-11-3-4-14(9-12(11)2)17-15(18(21)22)10-16(20-17)13-5-7-19-8-6-13/h3-10,20H,1-2H3,(H,21,22). The molecule has 2 heterocycles. The molecule has 0 bridgehead atoms. The van der Waals surface area contributed by atoms with Gasteiger partial charge < -0.3 is 10.1 Å². The Morgan fingerprint density at radius 2 is 1.73 bits per heavy atom. The second-order valence-corrected chi connectivity index (χ2v) is 5.31. The second kappa shape index (κ2) is 5.48. The van der Waals surface area contributed by atoms with Crippen molar-refractivity contribution >= 4 is 5.97 Å². The van der Waals surface area contributed by atoms with Crippen LogP contribution in [0.15, 0.2) is 48.8 Å². The van der Waals surface area contributed by atoms with E-state index in [9.17, 15) is 9.90 Å². The van der Waals surface area contributed by atoms with E-state index in [-0.39, 0.29) is 5.56 Å². The molecule has 22 heavy (non-hydrogen) atoms. The lowest BCUT2D eigenvalue weighted by molar-refractivity contribution is 0.0698. The maximum Gasteiger partial charge on any atom is 0.337 e.